The number of fused-ring (bicyclic) bond motifs is 1. The van der Waals surface area contributed by atoms with Crippen molar-refractivity contribution in [3.63, 3.8) is 0 Å². The minimum Gasteiger partial charge on any atom is -0.493 e. The van der Waals surface area contributed by atoms with Gasteiger partial charge in [0.2, 0.25) is 0 Å². The zero-order chi connectivity index (χ0) is 20.5. The van der Waals surface area contributed by atoms with E-state index in [1.165, 1.54) is 7.11 Å². The first-order valence-corrected chi connectivity index (χ1v) is 11.0. The lowest BCUT2D eigenvalue weighted by Gasteiger charge is -2.28. The number of hydrogen-bond donors (Lipinski definition) is 1. The number of hydrogen-bond acceptors (Lipinski definition) is 6. The van der Waals surface area contributed by atoms with Crippen molar-refractivity contribution in [2.24, 2.45) is 0 Å². The lowest BCUT2D eigenvalue weighted by Crippen LogP contribution is -2.33. The van der Waals surface area contributed by atoms with Crippen molar-refractivity contribution in [3.05, 3.63) is 53.1 Å². The third-order valence-corrected chi connectivity index (χ3v) is 5.63. The predicted molar refractivity (Wildman–Crippen MR) is 107 cm³/mol. The maximum Gasteiger partial charge on any atom is 0.257 e. The minimum atomic E-state index is -3.37. The average Bonchev–Trinajstić information content (AvgIpc) is 2.97. The van der Waals surface area contributed by atoms with Gasteiger partial charge in [-0.1, -0.05) is 18.2 Å². The summed E-state index contributed by atoms with van der Waals surface area (Å²) in [5.74, 6) is 0.578. The zero-order valence-corrected chi connectivity index (χ0v) is 17.0. The Morgan fingerprint density at radius 3 is 2.57 bits per heavy atom. The SMILES string of the molecule is CCOc1cc([C@@H](CS(C)(=O)=O)N2Cc3cccc([15NH2])c3C2=O)ccc1OC. The van der Waals surface area contributed by atoms with Crippen LogP contribution in [0.25, 0.3) is 0 Å². The van der Waals surface area contributed by atoms with Crippen LogP contribution in [0, 0.1) is 0 Å². The topological polar surface area (TPSA) is 98.9 Å². The number of methoxy groups -OCH3 is 1. The maximum absolute atomic E-state index is 13.0. The van der Waals surface area contributed by atoms with Crippen molar-refractivity contribution >= 4 is 21.4 Å². The summed E-state index contributed by atoms with van der Waals surface area (Å²) >= 11 is 0. The smallest absolute Gasteiger partial charge is 0.257 e. The molecule has 2 aromatic carbocycles. The number of rotatable bonds is 7. The lowest BCUT2D eigenvalue weighted by molar-refractivity contribution is 0.0719. The number of sulfone groups is 1. The molecule has 1 atom stereocenters. The van der Waals surface area contributed by atoms with Crippen LogP contribution in [0.15, 0.2) is 36.4 Å². The Morgan fingerprint density at radius 1 is 1.21 bits per heavy atom. The number of nitrogens with zero attached hydrogens (tertiary/aromatic N) is 1. The van der Waals surface area contributed by atoms with Gasteiger partial charge in [0.15, 0.2) is 11.5 Å². The average molecular weight is 405 g/mol. The Balaban J connectivity index is 2.05. The van der Waals surface area contributed by atoms with Gasteiger partial charge in [0.25, 0.3) is 5.91 Å². The van der Waals surface area contributed by atoms with Crippen LogP contribution >= 0.6 is 0 Å². The maximum atomic E-state index is 13.0. The van der Waals surface area contributed by atoms with Crippen LogP contribution < -0.4 is 15.2 Å². The Kier molecular flexibility index (Phi) is 5.51. The number of carbonyl (C=O) groups is 1. The van der Waals surface area contributed by atoms with Gasteiger partial charge in [-0.15, -0.1) is 0 Å². The molecule has 2 N–H and O–H groups in total. The molecule has 0 radical (unpaired) electrons. The molecule has 0 fully saturated rings. The van der Waals surface area contributed by atoms with E-state index >= 15 is 0 Å². The first-order valence-electron chi connectivity index (χ1n) is 8.92. The third-order valence-electron chi connectivity index (χ3n) is 4.71. The van der Waals surface area contributed by atoms with Crippen LogP contribution in [0.3, 0.4) is 0 Å². The highest BCUT2D eigenvalue weighted by Crippen LogP contribution is 2.37. The molecule has 150 valence electrons. The van der Waals surface area contributed by atoms with Crippen LogP contribution in [-0.4, -0.2) is 45.0 Å². The van der Waals surface area contributed by atoms with E-state index in [-0.39, 0.29) is 11.7 Å². The van der Waals surface area contributed by atoms with E-state index < -0.39 is 15.9 Å². The highest BCUT2D eigenvalue weighted by Gasteiger charge is 2.36. The molecule has 0 saturated carbocycles. The summed E-state index contributed by atoms with van der Waals surface area (Å²) in [5.41, 5.74) is 8.29. The number of nitrogen functional groups attached to an aromatic ring is 1. The molecule has 0 unspecified atom stereocenters. The van der Waals surface area contributed by atoms with Gasteiger partial charge in [-0.05, 0) is 36.2 Å². The van der Waals surface area contributed by atoms with Crippen molar-refractivity contribution in [1.29, 1.82) is 0 Å². The largest absolute Gasteiger partial charge is 0.493 e. The standard InChI is InChI=1S/C20H24N2O5S/c1-4-27-18-10-13(8-9-17(18)26-2)16(12-28(3,24)25)22-11-14-6-5-7-15(21)19(14)20(22)23/h5-10,16H,4,11-12,21H2,1-3H3/t16-/m1/s1/i21+1. The van der Waals surface area contributed by atoms with E-state index in [2.05, 4.69) is 0 Å². The molecule has 8 heteroatoms. The van der Waals surface area contributed by atoms with E-state index in [1.807, 2.05) is 13.0 Å². The number of nitrogens with two attached hydrogens (primary N) is 1. The number of amides is 1. The zero-order valence-electron chi connectivity index (χ0n) is 16.1. The molecular formula is C20H24N2O5S. The Labute approximate surface area is 165 Å². The van der Waals surface area contributed by atoms with E-state index in [1.54, 1.807) is 35.2 Å². The minimum absolute atomic E-state index is 0.204. The quantitative estimate of drug-likeness (QED) is 0.561. The number of benzene rings is 2. The molecule has 0 bridgehead atoms. The molecule has 1 amide bonds. The van der Waals surface area contributed by atoms with Crippen molar-refractivity contribution in [3.8, 4) is 11.5 Å². The van der Waals surface area contributed by atoms with Crippen LogP contribution in [0.1, 0.15) is 34.5 Å². The molecule has 28 heavy (non-hydrogen) atoms. The van der Waals surface area contributed by atoms with E-state index in [0.29, 0.717) is 41.5 Å². The molecule has 0 aromatic heterocycles. The van der Waals surface area contributed by atoms with Crippen LogP contribution in [0.5, 0.6) is 11.5 Å². The molecule has 1 heterocycles. The summed E-state index contributed by atoms with van der Waals surface area (Å²) in [6.45, 7) is 2.58. The summed E-state index contributed by atoms with van der Waals surface area (Å²) in [6.07, 6.45) is 1.16. The number of anilines is 1. The second-order valence-electron chi connectivity index (χ2n) is 6.77. The van der Waals surface area contributed by atoms with Gasteiger partial charge in [-0.25, -0.2) is 8.42 Å². The molecule has 1 aliphatic heterocycles. The summed E-state index contributed by atoms with van der Waals surface area (Å²) < 4.78 is 35.2. The van der Waals surface area contributed by atoms with Gasteiger partial charge < -0.3 is 20.1 Å². The Bertz CT molecular complexity index is 1000. The van der Waals surface area contributed by atoms with Crippen LogP contribution in [0.4, 0.5) is 5.69 Å². The first-order chi connectivity index (χ1) is 13.2. The fourth-order valence-corrected chi connectivity index (χ4v) is 4.43. The van der Waals surface area contributed by atoms with E-state index in [9.17, 15) is 13.2 Å². The fraction of sp³-hybridized carbons (Fsp3) is 0.350. The highest BCUT2D eigenvalue weighted by molar-refractivity contribution is 7.90. The molecule has 0 spiro atoms. The van der Waals surface area contributed by atoms with E-state index in [0.717, 1.165) is 11.8 Å². The van der Waals surface area contributed by atoms with Crippen LogP contribution in [-0.2, 0) is 16.4 Å². The van der Waals surface area contributed by atoms with Crippen molar-refractivity contribution in [1.82, 2.24) is 4.90 Å². The second kappa shape index (κ2) is 7.71. The van der Waals surface area contributed by atoms with Gasteiger partial charge in [-0.2, -0.15) is 0 Å². The van der Waals surface area contributed by atoms with Gasteiger partial charge in [0, 0.05) is 18.5 Å². The van der Waals surface area contributed by atoms with Crippen molar-refractivity contribution in [2.45, 2.75) is 19.5 Å². The summed E-state index contributed by atoms with van der Waals surface area (Å²) in [4.78, 5) is 14.6. The predicted octanol–water partition coefficient (Wildman–Crippen LogP) is 2.42. The third kappa shape index (κ3) is 3.91. The Morgan fingerprint density at radius 2 is 1.96 bits per heavy atom. The van der Waals surface area contributed by atoms with Gasteiger partial charge in [0.1, 0.15) is 9.84 Å². The molecule has 1 aliphatic rings. The molecule has 7 nitrogen and oxygen atoms in total. The summed E-state index contributed by atoms with van der Waals surface area (Å²) in [5, 5.41) is 0. The van der Waals surface area contributed by atoms with E-state index in [4.69, 9.17) is 15.2 Å². The molecule has 0 aliphatic carbocycles. The Hall–Kier alpha value is -2.74. The first kappa shape index (κ1) is 20.0. The normalized spacial score (nSPS) is 14.7. The number of ether oxygens (including phenoxy) is 2. The lowest BCUT2D eigenvalue weighted by atomic mass is 10.1. The molecule has 3 rings (SSSR count). The second-order valence-corrected chi connectivity index (χ2v) is 8.95. The highest BCUT2D eigenvalue weighted by atomic mass is 32.2. The molecule has 2 aromatic rings. The van der Waals surface area contributed by atoms with Crippen molar-refractivity contribution < 1.29 is 22.7 Å². The summed E-state index contributed by atoms with van der Waals surface area (Å²) in [6, 6.07) is 9.84. The summed E-state index contributed by atoms with van der Waals surface area (Å²) in [7, 11) is -1.83. The molecule has 0 saturated heterocycles. The van der Waals surface area contributed by atoms with Gasteiger partial charge in [0.05, 0.1) is 31.1 Å². The van der Waals surface area contributed by atoms with Crippen LogP contribution in [0.2, 0.25) is 0 Å². The van der Waals surface area contributed by atoms with Crippen molar-refractivity contribution in [2.75, 3.05) is 31.5 Å². The van der Waals surface area contributed by atoms with Gasteiger partial charge >= 0.3 is 0 Å². The fourth-order valence-electron chi connectivity index (χ4n) is 3.49. The van der Waals surface area contributed by atoms with Gasteiger partial charge in [-0.3, -0.25) is 4.79 Å². The monoisotopic (exact) mass is 405 g/mol. The molecular weight excluding hydrogens is 381 g/mol. The number of carbonyl (C=O) groups excluding carboxylic acids is 1.